The summed E-state index contributed by atoms with van der Waals surface area (Å²) in [6.07, 6.45) is 2.75. The van der Waals surface area contributed by atoms with Gasteiger partial charge in [-0.05, 0) is 18.2 Å². The Morgan fingerprint density at radius 1 is 1.50 bits per heavy atom. The number of ether oxygens (including phenoxy) is 1. The van der Waals surface area contributed by atoms with Gasteiger partial charge in [0.15, 0.2) is 0 Å². The van der Waals surface area contributed by atoms with E-state index in [2.05, 4.69) is 11.7 Å². The molecule has 0 unspecified atom stereocenters. The number of phenolic OH excluding ortho intramolecular Hbond substituents is 1. The first kappa shape index (κ1) is 10.1. The van der Waals surface area contributed by atoms with Gasteiger partial charge in [0, 0.05) is 5.56 Å². The standard InChI is InChI=1S/C10H11NO3/c1-2-5-14-9-3-4-10(12)8(6-9)7-11-13/h2-4,6-7,12-13H,1,5H2. The van der Waals surface area contributed by atoms with Gasteiger partial charge in [-0.1, -0.05) is 17.8 Å². The van der Waals surface area contributed by atoms with Crippen LogP contribution in [0.4, 0.5) is 0 Å². The molecular formula is C10H11NO3. The number of aromatic hydroxyl groups is 1. The van der Waals surface area contributed by atoms with Crippen molar-refractivity contribution >= 4 is 6.21 Å². The Morgan fingerprint density at radius 2 is 2.29 bits per heavy atom. The van der Waals surface area contributed by atoms with E-state index in [-0.39, 0.29) is 5.75 Å². The fraction of sp³-hybridized carbons (Fsp3) is 0.100. The van der Waals surface area contributed by atoms with Crippen LogP contribution < -0.4 is 4.74 Å². The molecule has 0 aliphatic carbocycles. The van der Waals surface area contributed by atoms with Crippen LogP contribution in [-0.4, -0.2) is 23.1 Å². The highest BCUT2D eigenvalue weighted by atomic mass is 16.5. The molecule has 74 valence electrons. The van der Waals surface area contributed by atoms with Gasteiger partial charge in [0.25, 0.3) is 0 Å². The number of hydrogen-bond acceptors (Lipinski definition) is 4. The third kappa shape index (κ3) is 2.52. The second-order valence-electron chi connectivity index (χ2n) is 2.56. The van der Waals surface area contributed by atoms with Crippen molar-refractivity contribution in [2.24, 2.45) is 5.16 Å². The van der Waals surface area contributed by atoms with Crippen LogP contribution in [0.1, 0.15) is 5.56 Å². The van der Waals surface area contributed by atoms with Crippen LogP contribution in [0, 0.1) is 0 Å². The van der Waals surface area contributed by atoms with Crippen LogP contribution in [0.15, 0.2) is 36.0 Å². The van der Waals surface area contributed by atoms with Gasteiger partial charge in [-0.15, -0.1) is 0 Å². The number of oxime groups is 1. The number of rotatable bonds is 4. The van der Waals surface area contributed by atoms with E-state index >= 15 is 0 Å². The minimum atomic E-state index is 0.0359. The lowest BCUT2D eigenvalue weighted by atomic mass is 10.2. The molecule has 0 aliphatic rings. The van der Waals surface area contributed by atoms with Gasteiger partial charge < -0.3 is 15.1 Å². The molecule has 0 fully saturated rings. The predicted octanol–water partition coefficient (Wildman–Crippen LogP) is 1.77. The summed E-state index contributed by atoms with van der Waals surface area (Å²) in [5.74, 6) is 0.617. The first-order valence-corrected chi connectivity index (χ1v) is 4.02. The van der Waals surface area contributed by atoms with E-state index < -0.39 is 0 Å². The maximum absolute atomic E-state index is 9.31. The number of phenols is 1. The maximum atomic E-state index is 9.31. The molecule has 0 aromatic heterocycles. The van der Waals surface area contributed by atoms with E-state index in [0.717, 1.165) is 6.21 Å². The maximum Gasteiger partial charge on any atom is 0.124 e. The summed E-state index contributed by atoms with van der Waals surface area (Å²) in [6.45, 7) is 3.90. The summed E-state index contributed by atoms with van der Waals surface area (Å²) < 4.78 is 5.22. The summed E-state index contributed by atoms with van der Waals surface area (Å²) in [5, 5.41) is 20.5. The normalized spacial score (nSPS) is 10.3. The van der Waals surface area contributed by atoms with Crippen LogP contribution in [-0.2, 0) is 0 Å². The monoisotopic (exact) mass is 193 g/mol. The number of nitrogens with zero attached hydrogens (tertiary/aromatic N) is 1. The van der Waals surface area contributed by atoms with Gasteiger partial charge in [0.2, 0.25) is 0 Å². The molecule has 0 bridgehead atoms. The Kier molecular flexibility index (Phi) is 3.55. The van der Waals surface area contributed by atoms with Crippen molar-refractivity contribution in [3.05, 3.63) is 36.4 Å². The topological polar surface area (TPSA) is 62.0 Å². The molecule has 1 aromatic rings. The predicted molar refractivity (Wildman–Crippen MR) is 53.2 cm³/mol. The molecule has 0 saturated carbocycles. The molecule has 0 heterocycles. The molecule has 0 aliphatic heterocycles. The average Bonchev–Trinajstić information content (AvgIpc) is 2.19. The molecule has 4 heteroatoms. The van der Waals surface area contributed by atoms with E-state index in [1.165, 1.54) is 6.07 Å². The Balaban J connectivity index is 2.88. The summed E-state index contributed by atoms with van der Waals surface area (Å²) in [7, 11) is 0. The minimum absolute atomic E-state index is 0.0359. The molecule has 0 radical (unpaired) electrons. The fourth-order valence-electron chi connectivity index (χ4n) is 0.943. The van der Waals surface area contributed by atoms with E-state index in [0.29, 0.717) is 17.9 Å². The molecule has 0 spiro atoms. The fourth-order valence-corrected chi connectivity index (χ4v) is 0.943. The van der Waals surface area contributed by atoms with Crippen molar-refractivity contribution in [1.29, 1.82) is 0 Å². The quantitative estimate of drug-likeness (QED) is 0.331. The molecule has 1 rings (SSSR count). The Bertz CT molecular complexity index is 347. The third-order valence-electron chi connectivity index (χ3n) is 1.56. The third-order valence-corrected chi connectivity index (χ3v) is 1.56. The lowest BCUT2D eigenvalue weighted by Gasteiger charge is -2.04. The first-order valence-electron chi connectivity index (χ1n) is 4.02. The van der Waals surface area contributed by atoms with Gasteiger partial charge in [-0.25, -0.2) is 0 Å². The first-order chi connectivity index (χ1) is 6.77. The van der Waals surface area contributed by atoms with E-state index in [1.807, 2.05) is 0 Å². The molecule has 4 nitrogen and oxygen atoms in total. The SMILES string of the molecule is C=CCOc1ccc(O)c(C=NO)c1. The van der Waals surface area contributed by atoms with Crippen molar-refractivity contribution in [2.75, 3.05) is 6.61 Å². The Morgan fingerprint density at radius 3 is 2.93 bits per heavy atom. The zero-order valence-corrected chi connectivity index (χ0v) is 7.55. The van der Waals surface area contributed by atoms with Crippen molar-refractivity contribution in [3.8, 4) is 11.5 Å². The molecule has 0 atom stereocenters. The van der Waals surface area contributed by atoms with Gasteiger partial charge in [-0.3, -0.25) is 0 Å². The average molecular weight is 193 g/mol. The summed E-state index contributed by atoms with van der Waals surface area (Å²) in [4.78, 5) is 0. The summed E-state index contributed by atoms with van der Waals surface area (Å²) in [5.41, 5.74) is 0.397. The lowest BCUT2D eigenvalue weighted by molar-refractivity contribution is 0.321. The van der Waals surface area contributed by atoms with Crippen LogP contribution in [0.25, 0.3) is 0 Å². The lowest BCUT2D eigenvalue weighted by Crippen LogP contribution is -1.93. The van der Waals surface area contributed by atoms with Crippen LogP contribution >= 0.6 is 0 Å². The van der Waals surface area contributed by atoms with E-state index in [9.17, 15) is 5.11 Å². The Labute approximate surface area is 81.8 Å². The van der Waals surface area contributed by atoms with Crippen LogP contribution in [0.3, 0.4) is 0 Å². The highest BCUT2D eigenvalue weighted by Gasteiger charge is 2.00. The Hall–Kier alpha value is -1.97. The van der Waals surface area contributed by atoms with Crippen molar-refractivity contribution in [1.82, 2.24) is 0 Å². The smallest absolute Gasteiger partial charge is 0.124 e. The summed E-state index contributed by atoms with van der Waals surface area (Å²) >= 11 is 0. The van der Waals surface area contributed by atoms with Gasteiger partial charge >= 0.3 is 0 Å². The zero-order chi connectivity index (χ0) is 10.4. The molecule has 2 N–H and O–H groups in total. The highest BCUT2D eigenvalue weighted by molar-refractivity contribution is 5.83. The van der Waals surface area contributed by atoms with Crippen molar-refractivity contribution < 1.29 is 15.1 Å². The van der Waals surface area contributed by atoms with E-state index in [4.69, 9.17) is 9.94 Å². The second-order valence-corrected chi connectivity index (χ2v) is 2.56. The van der Waals surface area contributed by atoms with Crippen molar-refractivity contribution in [2.45, 2.75) is 0 Å². The molecule has 0 amide bonds. The van der Waals surface area contributed by atoms with Gasteiger partial charge in [-0.2, -0.15) is 0 Å². The van der Waals surface area contributed by atoms with Crippen LogP contribution in [0.5, 0.6) is 11.5 Å². The molecule has 1 aromatic carbocycles. The second kappa shape index (κ2) is 4.91. The largest absolute Gasteiger partial charge is 0.507 e. The zero-order valence-electron chi connectivity index (χ0n) is 7.55. The van der Waals surface area contributed by atoms with E-state index in [1.54, 1.807) is 18.2 Å². The molecule has 14 heavy (non-hydrogen) atoms. The van der Waals surface area contributed by atoms with Gasteiger partial charge in [0.1, 0.15) is 18.1 Å². The number of hydrogen-bond donors (Lipinski definition) is 2. The van der Waals surface area contributed by atoms with Gasteiger partial charge in [0.05, 0.1) is 6.21 Å². The van der Waals surface area contributed by atoms with Crippen molar-refractivity contribution in [3.63, 3.8) is 0 Å². The molecular weight excluding hydrogens is 182 g/mol. The minimum Gasteiger partial charge on any atom is -0.507 e. The number of benzene rings is 1. The molecule has 0 saturated heterocycles. The highest BCUT2D eigenvalue weighted by Crippen LogP contribution is 2.21. The summed E-state index contributed by atoms with van der Waals surface area (Å²) in [6, 6.07) is 4.65. The van der Waals surface area contributed by atoms with Crippen LogP contribution in [0.2, 0.25) is 0 Å².